The first kappa shape index (κ1) is 22.5. The number of hydrazine groups is 1. The molecule has 0 bridgehead atoms. The van der Waals surface area contributed by atoms with Gasteiger partial charge < -0.3 is 10.1 Å². The fourth-order valence-corrected chi connectivity index (χ4v) is 3.60. The summed E-state index contributed by atoms with van der Waals surface area (Å²) in [6, 6.07) is 8.47. The van der Waals surface area contributed by atoms with Crippen molar-refractivity contribution in [1.29, 1.82) is 0 Å². The quantitative estimate of drug-likeness (QED) is 0.292. The average Bonchev–Trinajstić information content (AvgIpc) is 3.25. The van der Waals surface area contributed by atoms with E-state index in [-0.39, 0.29) is 29.0 Å². The summed E-state index contributed by atoms with van der Waals surface area (Å²) >= 11 is 13.4. The summed E-state index contributed by atoms with van der Waals surface area (Å²) < 4.78 is 5.31. The second kappa shape index (κ2) is 10.8. The number of anilines is 2. The van der Waals surface area contributed by atoms with E-state index >= 15 is 0 Å². The van der Waals surface area contributed by atoms with E-state index in [4.69, 9.17) is 27.9 Å². The van der Waals surface area contributed by atoms with E-state index in [1.807, 2.05) is 17.5 Å². The summed E-state index contributed by atoms with van der Waals surface area (Å²) in [5.74, 6) is -0.466. The van der Waals surface area contributed by atoms with Gasteiger partial charge in [-0.25, -0.2) is 9.97 Å². The zero-order chi connectivity index (χ0) is 22.2. The number of ether oxygens (including phenoxy) is 1. The number of amides is 1. The van der Waals surface area contributed by atoms with Crippen molar-refractivity contribution in [2.24, 2.45) is 0 Å². The van der Waals surface area contributed by atoms with Crippen LogP contribution in [-0.4, -0.2) is 34.0 Å². The minimum Gasteiger partial charge on any atom is -0.482 e. The third kappa shape index (κ3) is 6.41. The van der Waals surface area contributed by atoms with Gasteiger partial charge in [0.2, 0.25) is 11.6 Å². The number of thiophene rings is 1. The zero-order valence-electron chi connectivity index (χ0n) is 15.8. The third-order valence-corrected chi connectivity index (χ3v) is 5.29. The monoisotopic (exact) mass is 482 g/mol. The topological polar surface area (TPSA) is 131 Å². The maximum absolute atomic E-state index is 12.0. The highest BCUT2D eigenvalue weighted by atomic mass is 35.5. The van der Waals surface area contributed by atoms with Crippen molar-refractivity contribution in [3.8, 4) is 5.75 Å². The van der Waals surface area contributed by atoms with E-state index in [1.54, 1.807) is 17.4 Å². The van der Waals surface area contributed by atoms with E-state index in [2.05, 4.69) is 26.1 Å². The molecule has 3 rings (SSSR count). The molecule has 3 N–H and O–H groups in total. The number of hydrogen-bond acceptors (Lipinski definition) is 9. The van der Waals surface area contributed by atoms with Crippen molar-refractivity contribution in [1.82, 2.24) is 15.4 Å². The lowest BCUT2D eigenvalue weighted by molar-refractivity contribution is -0.383. The average molecular weight is 483 g/mol. The van der Waals surface area contributed by atoms with Crippen LogP contribution in [0.3, 0.4) is 0 Å². The Labute approximate surface area is 190 Å². The number of rotatable bonds is 10. The Kier molecular flexibility index (Phi) is 7.82. The first-order chi connectivity index (χ1) is 14.9. The molecule has 10 nitrogen and oxygen atoms in total. The van der Waals surface area contributed by atoms with Gasteiger partial charge in [0.15, 0.2) is 6.61 Å². The molecule has 0 unspecified atom stereocenters. The number of nitrogens with one attached hydrogen (secondary N) is 3. The molecule has 2 aromatic heterocycles. The highest BCUT2D eigenvalue weighted by Crippen LogP contribution is 2.29. The van der Waals surface area contributed by atoms with Gasteiger partial charge in [0.1, 0.15) is 12.1 Å². The molecule has 0 aliphatic heterocycles. The fraction of sp³-hybridized carbons (Fsp3) is 0.167. The van der Waals surface area contributed by atoms with Crippen molar-refractivity contribution < 1.29 is 14.5 Å². The van der Waals surface area contributed by atoms with Crippen LogP contribution >= 0.6 is 34.5 Å². The second-order valence-electron chi connectivity index (χ2n) is 5.97. The van der Waals surface area contributed by atoms with Gasteiger partial charge in [-0.05, 0) is 36.1 Å². The molecule has 0 saturated heterocycles. The fourth-order valence-electron chi connectivity index (χ4n) is 2.43. The van der Waals surface area contributed by atoms with Crippen LogP contribution in [0.4, 0.5) is 17.3 Å². The number of nitrogens with zero attached hydrogens (tertiary/aromatic N) is 3. The molecule has 3 aromatic rings. The van der Waals surface area contributed by atoms with Crippen LogP contribution in [0.15, 0.2) is 42.0 Å². The van der Waals surface area contributed by atoms with Crippen LogP contribution in [0.2, 0.25) is 10.0 Å². The minimum absolute atomic E-state index is 0.0394. The van der Waals surface area contributed by atoms with Crippen molar-refractivity contribution in [3.05, 3.63) is 67.1 Å². The van der Waals surface area contributed by atoms with Gasteiger partial charge in [-0.2, -0.15) is 0 Å². The lowest BCUT2D eigenvalue weighted by Gasteiger charge is -2.11. The molecule has 0 aliphatic rings. The van der Waals surface area contributed by atoms with E-state index in [9.17, 15) is 14.9 Å². The first-order valence-electron chi connectivity index (χ1n) is 8.82. The zero-order valence-corrected chi connectivity index (χ0v) is 18.1. The summed E-state index contributed by atoms with van der Waals surface area (Å²) in [5.41, 5.74) is 4.34. The molecule has 162 valence electrons. The first-order valence-corrected chi connectivity index (χ1v) is 10.5. The van der Waals surface area contributed by atoms with Gasteiger partial charge in [0, 0.05) is 16.4 Å². The predicted molar refractivity (Wildman–Crippen MR) is 119 cm³/mol. The molecule has 0 fully saturated rings. The number of hydrogen-bond donors (Lipinski definition) is 3. The van der Waals surface area contributed by atoms with Gasteiger partial charge in [-0.1, -0.05) is 29.3 Å². The maximum atomic E-state index is 12.0. The van der Waals surface area contributed by atoms with Gasteiger partial charge >= 0.3 is 5.69 Å². The standard InChI is InChI=1S/C18H16Cl2N6O4S/c19-11-3-4-14(13(20)8-11)30-9-15(27)24-25-18-16(26(28)29)17(22-10-23-18)21-6-5-12-2-1-7-31-12/h1-4,7-8,10H,5-6,9H2,(H,24,27)(H2,21,22,23,25). The Bertz CT molecular complexity index is 1070. The van der Waals surface area contributed by atoms with Crippen molar-refractivity contribution in [3.63, 3.8) is 0 Å². The highest BCUT2D eigenvalue weighted by Gasteiger charge is 2.23. The normalized spacial score (nSPS) is 10.4. The molecule has 1 aromatic carbocycles. The second-order valence-corrected chi connectivity index (χ2v) is 7.85. The number of nitro groups is 1. The van der Waals surface area contributed by atoms with Crippen LogP contribution in [0, 0.1) is 10.1 Å². The molecular weight excluding hydrogens is 467 g/mol. The molecule has 0 aliphatic carbocycles. The van der Waals surface area contributed by atoms with Crippen LogP contribution in [-0.2, 0) is 11.2 Å². The summed E-state index contributed by atoms with van der Waals surface area (Å²) in [5, 5.41) is 17.1. The Morgan fingerprint density at radius 3 is 2.74 bits per heavy atom. The number of aromatic nitrogens is 2. The Hall–Kier alpha value is -3.15. The molecular formula is C18H16Cl2N6O4S. The summed E-state index contributed by atoms with van der Waals surface area (Å²) in [6.45, 7) is 0.0546. The van der Waals surface area contributed by atoms with Crippen molar-refractivity contribution >= 4 is 57.8 Å². The van der Waals surface area contributed by atoms with Crippen LogP contribution in [0.5, 0.6) is 5.75 Å². The third-order valence-electron chi connectivity index (χ3n) is 3.82. The van der Waals surface area contributed by atoms with Crippen molar-refractivity contribution in [2.75, 3.05) is 23.9 Å². The summed E-state index contributed by atoms with van der Waals surface area (Å²) in [6.07, 6.45) is 1.84. The van der Waals surface area contributed by atoms with Crippen LogP contribution in [0.25, 0.3) is 0 Å². The van der Waals surface area contributed by atoms with Crippen LogP contribution in [0.1, 0.15) is 4.88 Å². The summed E-state index contributed by atoms with van der Waals surface area (Å²) in [4.78, 5) is 31.9. The molecule has 13 heteroatoms. The predicted octanol–water partition coefficient (Wildman–Crippen LogP) is 3.93. The Morgan fingerprint density at radius 1 is 1.23 bits per heavy atom. The number of benzene rings is 1. The van der Waals surface area contributed by atoms with Gasteiger partial charge in [-0.15, -0.1) is 11.3 Å². The molecule has 0 atom stereocenters. The van der Waals surface area contributed by atoms with Gasteiger partial charge in [0.25, 0.3) is 5.91 Å². The van der Waals surface area contributed by atoms with E-state index < -0.39 is 16.5 Å². The Morgan fingerprint density at radius 2 is 2.03 bits per heavy atom. The SMILES string of the molecule is O=C(COc1ccc(Cl)cc1Cl)NNc1ncnc(NCCc2cccs2)c1[N+](=O)[O-]. The van der Waals surface area contributed by atoms with Gasteiger partial charge in [-0.3, -0.25) is 25.8 Å². The number of carbonyl (C=O) groups excluding carboxylic acids is 1. The van der Waals surface area contributed by atoms with E-state index in [1.165, 1.54) is 12.1 Å². The minimum atomic E-state index is -0.633. The Balaban J connectivity index is 1.58. The summed E-state index contributed by atoms with van der Waals surface area (Å²) in [7, 11) is 0. The van der Waals surface area contributed by atoms with Gasteiger partial charge in [0.05, 0.1) is 9.95 Å². The smallest absolute Gasteiger partial charge is 0.354 e. The molecule has 0 saturated carbocycles. The highest BCUT2D eigenvalue weighted by molar-refractivity contribution is 7.09. The number of halogens is 2. The number of carbonyl (C=O) groups is 1. The van der Waals surface area contributed by atoms with Crippen LogP contribution < -0.4 is 20.9 Å². The molecule has 1 amide bonds. The molecule has 0 spiro atoms. The lowest BCUT2D eigenvalue weighted by Crippen LogP contribution is -2.34. The van der Waals surface area contributed by atoms with Crippen molar-refractivity contribution in [2.45, 2.75) is 6.42 Å². The lowest BCUT2D eigenvalue weighted by atomic mass is 10.3. The van der Waals surface area contributed by atoms with E-state index in [0.717, 1.165) is 11.2 Å². The maximum Gasteiger partial charge on any atom is 0.354 e. The molecule has 31 heavy (non-hydrogen) atoms. The molecule has 0 radical (unpaired) electrons. The largest absolute Gasteiger partial charge is 0.482 e. The van der Waals surface area contributed by atoms with E-state index in [0.29, 0.717) is 18.0 Å². The molecule has 2 heterocycles.